The van der Waals surface area contributed by atoms with Crippen molar-refractivity contribution >= 4 is 5.96 Å². The van der Waals surface area contributed by atoms with Gasteiger partial charge in [-0.25, -0.2) is 0 Å². The Morgan fingerprint density at radius 1 is 1.19 bits per heavy atom. The van der Waals surface area contributed by atoms with Crippen LogP contribution in [-0.2, 0) is 13.1 Å². The zero-order chi connectivity index (χ0) is 18.9. The highest BCUT2D eigenvalue weighted by Crippen LogP contribution is 2.12. The summed E-state index contributed by atoms with van der Waals surface area (Å²) in [5.41, 5.74) is 2.55. The SMILES string of the molecule is CCCN1CCC(NC(=NC)NCc2ccccc2Cn2cccn2)CC1. The van der Waals surface area contributed by atoms with Gasteiger partial charge in [-0.3, -0.25) is 9.67 Å². The minimum Gasteiger partial charge on any atom is -0.354 e. The van der Waals surface area contributed by atoms with Crippen molar-refractivity contribution in [2.45, 2.75) is 45.3 Å². The zero-order valence-corrected chi connectivity index (χ0v) is 16.6. The highest BCUT2D eigenvalue weighted by Gasteiger charge is 2.19. The Morgan fingerprint density at radius 3 is 2.63 bits per heavy atom. The number of rotatable bonds is 7. The lowest BCUT2D eigenvalue weighted by molar-refractivity contribution is 0.206. The van der Waals surface area contributed by atoms with Crippen LogP contribution < -0.4 is 10.6 Å². The van der Waals surface area contributed by atoms with Crippen molar-refractivity contribution in [1.29, 1.82) is 0 Å². The Kier molecular flexibility index (Phi) is 7.27. The van der Waals surface area contributed by atoms with Gasteiger partial charge in [0.25, 0.3) is 0 Å². The van der Waals surface area contributed by atoms with Crippen LogP contribution in [0.1, 0.15) is 37.3 Å². The number of piperidine rings is 1. The largest absolute Gasteiger partial charge is 0.354 e. The Hall–Kier alpha value is -2.34. The number of likely N-dealkylation sites (tertiary alicyclic amines) is 1. The Balaban J connectivity index is 1.51. The minimum absolute atomic E-state index is 0.503. The minimum atomic E-state index is 0.503. The van der Waals surface area contributed by atoms with Crippen LogP contribution in [0.15, 0.2) is 47.7 Å². The molecule has 0 amide bonds. The summed E-state index contributed by atoms with van der Waals surface area (Å²) in [5.74, 6) is 0.887. The van der Waals surface area contributed by atoms with Crippen LogP contribution in [0.4, 0.5) is 0 Å². The molecule has 3 rings (SSSR count). The molecule has 0 spiro atoms. The lowest BCUT2D eigenvalue weighted by atomic mass is 10.1. The quantitative estimate of drug-likeness (QED) is 0.582. The fourth-order valence-electron chi connectivity index (χ4n) is 3.64. The molecule has 0 unspecified atom stereocenters. The van der Waals surface area contributed by atoms with Gasteiger partial charge in [-0.1, -0.05) is 31.2 Å². The summed E-state index contributed by atoms with van der Waals surface area (Å²) in [6, 6.07) is 11.0. The second kappa shape index (κ2) is 10.1. The first-order valence-corrected chi connectivity index (χ1v) is 10.0. The van der Waals surface area contributed by atoms with Crippen molar-refractivity contribution in [2.24, 2.45) is 4.99 Å². The predicted octanol–water partition coefficient (Wildman–Crippen LogP) is 2.47. The van der Waals surface area contributed by atoms with Crippen molar-refractivity contribution in [3.05, 3.63) is 53.9 Å². The molecule has 1 fully saturated rings. The van der Waals surface area contributed by atoms with Gasteiger partial charge in [-0.2, -0.15) is 5.10 Å². The summed E-state index contributed by atoms with van der Waals surface area (Å²) in [6.07, 6.45) is 7.40. The molecule has 2 heterocycles. The van der Waals surface area contributed by atoms with Crippen LogP contribution in [0.5, 0.6) is 0 Å². The van der Waals surface area contributed by atoms with E-state index in [9.17, 15) is 0 Å². The number of aliphatic imine (C=N–C) groups is 1. The molecule has 0 saturated carbocycles. The maximum absolute atomic E-state index is 4.42. The number of hydrogen-bond acceptors (Lipinski definition) is 3. The molecule has 1 aromatic carbocycles. The second-order valence-electron chi connectivity index (χ2n) is 7.16. The fourth-order valence-corrected chi connectivity index (χ4v) is 3.64. The summed E-state index contributed by atoms with van der Waals surface area (Å²) in [5, 5.41) is 11.4. The summed E-state index contributed by atoms with van der Waals surface area (Å²) >= 11 is 0. The van der Waals surface area contributed by atoms with E-state index in [1.165, 1.54) is 50.0 Å². The fraction of sp³-hybridized carbons (Fsp3) is 0.524. The van der Waals surface area contributed by atoms with Crippen LogP contribution in [0.3, 0.4) is 0 Å². The average molecular weight is 369 g/mol. The normalized spacial score (nSPS) is 16.4. The van der Waals surface area contributed by atoms with Crippen molar-refractivity contribution in [2.75, 3.05) is 26.7 Å². The van der Waals surface area contributed by atoms with Gasteiger partial charge >= 0.3 is 0 Å². The van der Waals surface area contributed by atoms with Gasteiger partial charge in [0.15, 0.2) is 5.96 Å². The molecule has 1 aliphatic rings. The van der Waals surface area contributed by atoms with Crippen molar-refractivity contribution in [3.8, 4) is 0 Å². The van der Waals surface area contributed by atoms with Crippen molar-refractivity contribution < 1.29 is 0 Å². The van der Waals surface area contributed by atoms with Gasteiger partial charge in [0.2, 0.25) is 0 Å². The van der Waals surface area contributed by atoms with Crippen LogP contribution in [0.2, 0.25) is 0 Å². The molecule has 0 atom stereocenters. The molecule has 6 nitrogen and oxygen atoms in total. The molecule has 2 N–H and O–H groups in total. The van der Waals surface area contributed by atoms with E-state index in [4.69, 9.17) is 0 Å². The molecular weight excluding hydrogens is 336 g/mol. The van der Waals surface area contributed by atoms with E-state index in [-0.39, 0.29) is 0 Å². The smallest absolute Gasteiger partial charge is 0.191 e. The number of nitrogens with one attached hydrogen (secondary N) is 2. The molecule has 1 aliphatic heterocycles. The van der Waals surface area contributed by atoms with E-state index < -0.39 is 0 Å². The van der Waals surface area contributed by atoms with Crippen LogP contribution >= 0.6 is 0 Å². The summed E-state index contributed by atoms with van der Waals surface area (Å²) in [4.78, 5) is 6.98. The Morgan fingerprint density at radius 2 is 1.96 bits per heavy atom. The van der Waals surface area contributed by atoms with Gasteiger partial charge in [-0.05, 0) is 43.0 Å². The third kappa shape index (κ3) is 5.82. The van der Waals surface area contributed by atoms with E-state index in [1.54, 1.807) is 0 Å². The maximum atomic E-state index is 4.42. The van der Waals surface area contributed by atoms with Crippen LogP contribution in [0, 0.1) is 0 Å². The van der Waals surface area contributed by atoms with Crippen molar-refractivity contribution in [3.63, 3.8) is 0 Å². The maximum Gasteiger partial charge on any atom is 0.191 e. The van der Waals surface area contributed by atoms with Gasteiger partial charge in [0, 0.05) is 45.1 Å². The Labute approximate surface area is 162 Å². The molecule has 2 aromatic rings. The monoisotopic (exact) mass is 368 g/mol. The third-order valence-electron chi connectivity index (χ3n) is 5.15. The molecule has 27 heavy (non-hydrogen) atoms. The number of benzene rings is 1. The standard InChI is InChI=1S/C21H32N6/c1-3-12-26-14-9-20(10-15-26)25-21(22-2)23-16-18-7-4-5-8-19(18)17-27-13-6-11-24-27/h4-8,11,13,20H,3,9-10,12,14-17H2,1-2H3,(H2,22,23,25). The lowest BCUT2D eigenvalue weighted by Gasteiger charge is -2.32. The van der Waals surface area contributed by atoms with E-state index in [2.05, 4.69) is 56.8 Å². The van der Waals surface area contributed by atoms with Gasteiger partial charge in [0.05, 0.1) is 6.54 Å². The molecule has 1 saturated heterocycles. The molecule has 146 valence electrons. The van der Waals surface area contributed by atoms with E-state index >= 15 is 0 Å². The highest BCUT2D eigenvalue weighted by molar-refractivity contribution is 5.80. The number of guanidine groups is 1. The second-order valence-corrected chi connectivity index (χ2v) is 7.16. The van der Waals surface area contributed by atoms with E-state index in [0.717, 1.165) is 19.0 Å². The van der Waals surface area contributed by atoms with Gasteiger partial charge in [0.1, 0.15) is 0 Å². The third-order valence-corrected chi connectivity index (χ3v) is 5.15. The molecule has 0 radical (unpaired) electrons. The topological polar surface area (TPSA) is 57.5 Å². The molecule has 0 bridgehead atoms. The molecule has 6 heteroatoms. The first-order valence-electron chi connectivity index (χ1n) is 10.0. The molecular formula is C21H32N6. The number of nitrogens with zero attached hydrogens (tertiary/aromatic N) is 4. The van der Waals surface area contributed by atoms with Crippen molar-refractivity contribution in [1.82, 2.24) is 25.3 Å². The first-order chi connectivity index (χ1) is 13.3. The summed E-state index contributed by atoms with van der Waals surface area (Å²) < 4.78 is 1.95. The summed E-state index contributed by atoms with van der Waals surface area (Å²) in [7, 11) is 1.84. The van der Waals surface area contributed by atoms with Gasteiger partial charge in [-0.15, -0.1) is 0 Å². The zero-order valence-electron chi connectivity index (χ0n) is 16.6. The number of hydrogen-bond donors (Lipinski definition) is 2. The number of aromatic nitrogens is 2. The molecule has 1 aromatic heterocycles. The molecule has 0 aliphatic carbocycles. The highest BCUT2D eigenvalue weighted by atomic mass is 15.3. The lowest BCUT2D eigenvalue weighted by Crippen LogP contribution is -2.48. The van der Waals surface area contributed by atoms with Crippen LogP contribution in [-0.4, -0.2) is 53.4 Å². The van der Waals surface area contributed by atoms with E-state index in [1.807, 2.05) is 30.2 Å². The summed E-state index contributed by atoms with van der Waals surface area (Å²) in [6.45, 7) is 7.36. The predicted molar refractivity (Wildman–Crippen MR) is 111 cm³/mol. The first kappa shape index (κ1) is 19.4. The van der Waals surface area contributed by atoms with E-state index in [0.29, 0.717) is 6.04 Å². The van der Waals surface area contributed by atoms with Gasteiger partial charge < -0.3 is 15.5 Å². The Bertz CT molecular complexity index is 701. The van der Waals surface area contributed by atoms with Crippen LogP contribution in [0.25, 0.3) is 0 Å². The average Bonchev–Trinajstić information content (AvgIpc) is 3.21.